The molecule has 0 aliphatic heterocycles. The van der Waals surface area contributed by atoms with Crippen LogP contribution in [0.4, 0.5) is 5.69 Å². The van der Waals surface area contributed by atoms with E-state index in [9.17, 15) is 4.79 Å². The van der Waals surface area contributed by atoms with Crippen LogP contribution in [0, 0.1) is 0 Å². The first-order valence-electron chi connectivity index (χ1n) is 3.77. The molecule has 0 atom stereocenters. The molecule has 0 saturated heterocycles. The summed E-state index contributed by atoms with van der Waals surface area (Å²) in [5.41, 5.74) is 7.21. The molecule has 0 aliphatic rings. The number of allylic oxidation sites excluding steroid dienone is 1. The summed E-state index contributed by atoms with van der Waals surface area (Å²) >= 11 is 3.28. The van der Waals surface area contributed by atoms with Gasteiger partial charge in [-0.15, -0.1) is 0 Å². The zero-order valence-corrected chi connectivity index (χ0v) is 8.89. The Labute approximate surface area is 85.6 Å². The van der Waals surface area contributed by atoms with E-state index in [1.165, 1.54) is 0 Å². The van der Waals surface area contributed by atoms with Crippen molar-refractivity contribution in [3.63, 3.8) is 0 Å². The van der Waals surface area contributed by atoms with Gasteiger partial charge < -0.3 is 5.73 Å². The molecule has 68 valence electrons. The number of carbonyl (C=O) groups is 1. The fourth-order valence-corrected chi connectivity index (χ4v) is 1.37. The average molecular weight is 240 g/mol. The van der Waals surface area contributed by atoms with Gasteiger partial charge in [-0.3, -0.25) is 4.79 Å². The monoisotopic (exact) mass is 239 g/mol. The summed E-state index contributed by atoms with van der Waals surface area (Å²) in [6.45, 7) is 5.27. The van der Waals surface area contributed by atoms with Crippen molar-refractivity contribution >= 4 is 27.4 Å². The first-order chi connectivity index (χ1) is 6.02. The fraction of sp³-hybridized carbons (Fsp3) is 0.100. The molecule has 0 aromatic heterocycles. The molecule has 0 spiro atoms. The molecular formula is C10H10BrNO. The molecule has 2 nitrogen and oxygen atoms in total. The van der Waals surface area contributed by atoms with Crippen molar-refractivity contribution in [3.05, 3.63) is 40.4 Å². The van der Waals surface area contributed by atoms with Crippen molar-refractivity contribution < 1.29 is 4.79 Å². The van der Waals surface area contributed by atoms with Crippen molar-refractivity contribution in [3.8, 4) is 0 Å². The number of anilines is 1. The Morgan fingerprint density at radius 3 is 2.69 bits per heavy atom. The minimum atomic E-state index is -0.0841. The zero-order valence-electron chi connectivity index (χ0n) is 7.30. The predicted octanol–water partition coefficient (Wildman–Crippen LogP) is 2.79. The Morgan fingerprint density at radius 2 is 2.15 bits per heavy atom. The molecule has 0 saturated carbocycles. The van der Waals surface area contributed by atoms with Crippen LogP contribution < -0.4 is 5.73 Å². The lowest BCUT2D eigenvalue weighted by Gasteiger charge is -2.03. The van der Waals surface area contributed by atoms with Crippen LogP contribution in [-0.2, 0) is 0 Å². The number of hydrogen-bond donors (Lipinski definition) is 1. The lowest BCUT2D eigenvalue weighted by Crippen LogP contribution is -2.01. The summed E-state index contributed by atoms with van der Waals surface area (Å²) in [7, 11) is 0. The number of ketones is 1. The van der Waals surface area contributed by atoms with Crippen LogP contribution in [0.2, 0.25) is 0 Å². The predicted molar refractivity (Wildman–Crippen MR) is 57.7 cm³/mol. The van der Waals surface area contributed by atoms with E-state index in [1.807, 2.05) is 0 Å². The van der Waals surface area contributed by atoms with Crippen molar-refractivity contribution in [2.75, 3.05) is 5.73 Å². The molecule has 1 rings (SSSR count). The summed E-state index contributed by atoms with van der Waals surface area (Å²) in [4.78, 5) is 11.5. The van der Waals surface area contributed by atoms with Crippen LogP contribution in [0.5, 0.6) is 0 Å². The molecule has 1 aromatic carbocycles. The largest absolute Gasteiger partial charge is 0.399 e. The first-order valence-corrected chi connectivity index (χ1v) is 4.57. The standard InChI is InChI=1S/C10H10BrNO/c1-6(2)10(13)8-5-7(12)3-4-9(8)11/h3-5H,1,12H2,2H3. The van der Waals surface area contributed by atoms with E-state index in [-0.39, 0.29) is 5.78 Å². The third-order valence-corrected chi connectivity index (χ3v) is 2.31. The maximum absolute atomic E-state index is 11.5. The highest BCUT2D eigenvalue weighted by molar-refractivity contribution is 9.10. The number of nitrogen functional groups attached to an aromatic ring is 1. The minimum absolute atomic E-state index is 0.0841. The number of benzene rings is 1. The Morgan fingerprint density at radius 1 is 1.54 bits per heavy atom. The fourth-order valence-electron chi connectivity index (χ4n) is 0.947. The van der Waals surface area contributed by atoms with E-state index < -0.39 is 0 Å². The van der Waals surface area contributed by atoms with E-state index >= 15 is 0 Å². The lowest BCUT2D eigenvalue weighted by atomic mass is 10.1. The number of nitrogens with two attached hydrogens (primary N) is 1. The molecule has 3 heteroatoms. The van der Waals surface area contributed by atoms with Crippen LogP contribution in [-0.4, -0.2) is 5.78 Å². The first kappa shape index (κ1) is 9.99. The molecule has 0 aliphatic carbocycles. The third kappa shape index (κ3) is 2.18. The van der Waals surface area contributed by atoms with E-state index in [2.05, 4.69) is 22.5 Å². The summed E-state index contributed by atoms with van der Waals surface area (Å²) < 4.78 is 0.745. The highest BCUT2D eigenvalue weighted by Gasteiger charge is 2.10. The number of hydrogen-bond acceptors (Lipinski definition) is 2. The van der Waals surface area contributed by atoms with Crippen molar-refractivity contribution in [1.82, 2.24) is 0 Å². The van der Waals surface area contributed by atoms with Crippen LogP contribution in [0.1, 0.15) is 17.3 Å². The van der Waals surface area contributed by atoms with Crippen LogP contribution in [0.25, 0.3) is 0 Å². The molecule has 0 amide bonds. The summed E-state index contributed by atoms with van der Waals surface area (Å²) in [5.74, 6) is -0.0841. The second-order valence-electron chi connectivity index (χ2n) is 2.85. The topological polar surface area (TPSA) is 43.1 Å². The molecule has 2 N–H and O–H groups in total. The molecule has 0 heterocycles. The highest BCUT2D eigenvalue weighted by atomic mass is 79.9. The molecule has 0 bridgehead atoms. The van der Waals surface area contributed by atoms with Gasteiger partial charge in [0.15, 0.2) is 5.78 Å². The number of halogens is 1. The minimum Gasteiger partial charge on any atom is -0.399 e. The van der Waals surface area contributed by atoms with Crippen LogP contribution in [0.15, 0.2) is 34.8 Å². The molecule has 0 radical (unpaired) electrons. The second kappa shape index (κ2) is 3.75. The van der Waals surface area contributed by atoms with E-state index in [0.717, 1.165) is 4.47 Å². The van der Waals surface area contributed by atoms with E-state index in [1.54, 1.807) is 25.1 Å². The van der Waals surface area contributed by atoms with Gasteiger partial charge in [0.25, 0.3) is 0 Å². The van der Waals surface area contributed by atoms with Gasteiger partial charge >= 0.3 is 0 Å². The molecule has 0 unspecified atom stereocenters. The number of rotatable bonds is 2. The maximum Gasteiger partial charge on any atom is 0.189 e. The van der Waals surface area contributed by atoms with E-state index in [0.29, 0.717) is 16.8 Å². The van der Waals surface area contributed by atoms with Gasteiger partial charge in [-0.05, 0) is 30.7 Å². The summed E-state index contributed by atoms with van der Waals surface area (Å²) in [5, 5.41) is 0. The molecule has 0 fully saturated rings. The molecular weight excluding hydrogens is 230 g/mol. The van der Waals surface area contributed by atoms with Crippen LogP contribution in [0.3, 0.4) is 0 Å². The summed E-state index contributed by atoms with van der Waals surface area (Å²) in [6.07, 6.45) is 0. The smallest absolute Gasteiger partial charge is 0.189 e. The van der Waals surface area contributed by atoms with Crippen molar-refractivity contribution in [2.45, 2.75) is 6.92 Å². The molecule has 1 aromatic rings. The maximum atomic E-state index is 11.5. The van der Waals surface area contributed by atoms with Gasteiger partial charge in [0.1, 0.15) is 0 Å². The van der Waals surface area contributed by atoms with Gasteiger partial charge in [-0.2, -0.15) is 0 Å². The Kier molecular flexibility index (Phi) is 2.88. The highest BCUT2D eigenvalue weighted by Crippen LogP contribution is 2.21. The Hall–Kier alpha value is -1.09. The van der Waals surface area contributed by atoms with Crippen LogP contribution >= 0.6 is 15.9 Å². The third-order valence-electron chi connectivity index (χ3n) is 1.62. The Balaban J connectivity index is 3.21. The quantitative estimate of drug-likeness (QED) is 0.490. The van der Waals surface area contributed by atoms with E-state index in [4.69, 9.17) is 5.73 Å². The van der Waals surface area contributed by atoms with Crippen molar-refractivity contribution in [1.29, 1.82) is 0 Å². The number of Topliss-reactive ketones (excluding diaryl/α,β-unsaturated/α-hetero) is 1. The second-order valence-corrected chi connectivity index (χ2v) is 3.70. The van der Waals surface area contributed by atoms with Gasteiger partial charge in [-0.1, -0.05) is 22.5 Å². The molecule has 13 heavy (non-hydrogen) atoms. The number of carbonyl (C=O) groups excluding carboxylic acids is 1. The average Bonchev–Trinajstić information content (AvgIpc) is 2.08. The van der Waals surface area contributed by atoms with Crippen molar-refractivity contribution in [2.24, 2.45) is 0 Å². The summed E-state index contributed by atoms with van der Waals surface area (Å²) in [6, 6.07) is 5.13. The van der Waals surface area contributed by atoms with Gasteiger partial charge in [0.05, 0.1) is 0 Å². The van der Waals surface area contributed by atoms with Gasteiger partial charge in [-0.25, -0.2) is 0 Å². The SMILES string of the molecule is C=C(C)C(=O)c1cc(N)ccc1Br. The normalized spacial score (nSPS) is 9.69. The lowest BCUT2D eigenvalue weighted by molar-refractivity contribution is 0.103. The Bertz CT molecular complexity index is 371. The van der Waals surface area contributed by atoms with Gasteiger partial charge in [0.2, 0.25) is 0 Å². The zero-order chi connectivity index (χ0) is 10.0. The van der Waals surface area contributed by atoms with Gasteiger partial charge in [0, 0.05) is 15.7 Å².